The maximum atomic E-state index is 11.7. The van der Waals surface area contributed by atoms with E-state index in [0.29, 0.717) is 39.3 Å². The average molecular weight is 230 g/mol. The van der Waals surface area contributed by atoms with Gasteiger partial charge in [-0.2, -0.15) is 0 Å². The molecule has 0 saturated carbocycles. The van der Waals surface area contributed by atoms with Crippen LogP contribution in [0.2, 0.25) is 0 Å². The van der Waals surface area contributed by atoms with E-state index in [1.54, 1.807) is 7.11 Å². The molecule has 2 rings (SSSR count). The number of methoxy groups -OCH3 is 1. The molecular formula is C10H18N2O4. The van der Waals surface area contributed by atoms with Gasteiger partial charge in [0, 0.05) is 20.1 Å². The van der Waals surface area contributed by atoms with Crippen molar-refractivity contribution in [3.63, 3.8) is 0 Å². The molecule has 2 fully saturated rings. The first-order valence-corrected chi connectivity index (χ1v) is 5.54. The van der Waals surface area contributed by atoms with Gasteiger partial charge in [-0.15, -0.1) is 0 Å². The molecule has 92 valence electrons. The van der Waals surface area contributed by atoms with Gasteiger partial charge in [0.1, 0.15) is 0 Å². The molecule has 0 aliphatic carbocycles. The zero-order chi connectivity index (χ0) is 11.4. The highest BCUT2D eigenvalue weighted by molar-refractivity contribution is 5.82. The fourth-order valence-corrected chi connectivity index (χ4v) is 2.04. The highest BCUT2D eigenvalue weighted by atomic mass is 16.7. The van der Waals surface area contributed by atoms with Crippen LogP contribution < -0.4 is 10.6 Å². The van der Waals surface area contributed by atoms with Crippen molar-refractivity contribution in [2.45, 2.75) is 18.2 Å². The van der Waals surface area contributed by atoms with E-state index < -0.39 is 5.79 Å². The number of hydrogen-bond acceptors (Lipinski definition) is 5. The minimum atomic E-state index is -0.566. The van der Waals surface area contributed by atoms with Crippen molar-refractivity contribution in [2.75, 3.05) is 40.0 Å². The van der Waals surface area contributed by atoms with Gasteiger partial charge in [-0.25, -0.2) is 0 Å². The van der Waals surface area contributed by atoms with Gasteiger partial charge in [0.25, 0.3) is 0 Å². The highest BCUT2D eigenvalue weighted by Crippen LogP contribution is 2.28. The smallest absolute Gasteiger partial charge is 0.237 e. The van der Waals surface area contributed by atoms with Crippen LogP contribution in [0.25, 0.3) is 0 Å². The maximum Gasteiger partial charge on any atom is 0.237 e. The van der Waals surface area contributed by atoms with Crippen LogP contribution in [0.1, 0.15) is 6.42 Å². The van der Waals surface area contributed by atoms with Gasteiger partial charge in [0.15, 0.2) is 5.79 Å². The van der Waals surface area contributed by atoms with Crippen LogP contribution in [0.4, 0.5) is 0 Å². The Morgan fingerprint density at radius 2 is 2.31 bits per heavy atom. The Morgan fingerprint density at radius 3 is 3.00 bits per heavy atom. The zero-order valence-electron chi connectivity index (χ0n) is 9.45. The molecule has 1 spiro atoms. The minimum absolute atomic E-state index is 0.0203. The van der Waals surface area contributed by atoms with E-state index >= 15 is 0 Å². The molecule has 2 saturated heterocycles. The van der Waals surface area contributed by atoms with E-state index in [-0.39, 0.29) is 11.9 Å². The van der Waals surface area contributed by atoms with Crippen molar-refractivity contribution < 1.29 is 19.0 Å². The zero-order valence-corrected chi connectivity index (χ0v) is 9.45. The van der Waals surface area contributed by atoms with Gasteiger partial charge in [-0.3, -0.25) is 4.79 Å². The average Bonchev–Trinajstić information content (AvgIpc) is 2.90. The summed E-state index contributed by atoms with van der Waals surface area (Å²) in [6, 6.07) is -0.227. The third-order valence-corrected chi connectivity index (χ3v) is 2.87. The number of carbonyl (C=O) groups excluding carboxylic acids is 1. The molecule has 0 aromatic heterocycles. The summed E-state index contributed by atoms with van der Waals surface area (Å²) < 4.78 is 15.9. The number of nitrogens with one attached hydrogen (secondary N) is 2. The quantitative estimate of drug-likeness (QED) is 0.597. The Balaban J connectivity index is 1.77. The molecule has 2 aliphatic rings. The second kappa shape index (κ2) is 5.09. The lowest BCUT2D eigenvalue weighted by Crippen LogP contribution is -2.41. The van der Waals surface area contributed by atoms with E-state index in [4.69, 9.17) is 14.2 Å². The molecule has 0 unspecified atom stereocenters. The van der Waals surface area contributed by atoms with Crippen LogP contribution in [0.15, 0.2) is 0 Å². The van der Waals surface area contributed by atoms with Crippen LogP contribution in [0.3, 0.4) is 0 Å². The molecule has 1 atom stereocenters. The van der Waals surface area contributed by atoms with Crippen molar-refractivity contribution in [1.29, 1.82) is 0 Å². The number of hydrogen-bond donors (Lipinski definition) is 2. The summed E-state index contributed by atoms with van der Waals surface area (Å²) in [5.74, 6) is -0.587. The Kier molecular flexibility index (Phi) is 3.75. The summed E-state index contributed by atoms with van der Waals surface area (Å²) in [5.41, 5.74) is 0. The van der Waals surface area contributed by atoms with Crippen molar-refractivity contribution >= 4 is 5.91 Å². The third-order valence-electron chi connectivity index (χ3n) is 2.87. The lowest BCUT2D eigenvalue weighted by molar-refractivity contribution is -0.144. The summed E-state index contributed by atoms with van der Waals surface area (Å²) in [7, 11) is 1.61. The summed E-state index contributed by atoms with van der Waals surface area (Å²) >= 11 is 0. The fraction of sp³-hybridized carbons (Fsp3) is 0.900. The number of amides is 1. The van der Waals surface area contributed by atoms with Crippen LogP contribution in [-0.4, -0.2) is 57.8 Å². The van der Waals surface area contributed by atoms with Crippen LogP contribution >= 0.6 is 0 Å². The molecule has 2 aliphatic heterocycles. The first kappa shape index (κ1) is 11.8. The summed E-state index contributed by atoms with van der Waals surface area (Å²) in [6.45, 7) is 2.85. The molecule has 16 heavy (non-hydrogen) atoms. The van der Waals surface area contributed by atoms with Crippen molar-refractivity contribution in [3.8, 4) is 0 Å². The molecule has 1 amide bonds. The molecule has 0 bridgehead atoms. The lowest BCUT2D eigenvalue weighted by Gasteiger charge is -2.19. The van der Waals surface area contributed by atoms with Crippen molar-refractivity contribution in [3.05, 3.63) is 0 Å². The number of rotatable bonds is 4. The van der Waals surface area contributed by atoms with Gasteiger partial charge in [0.2, 0.25) is 5.91 Å². The monoisotopic (exact) mass is 230 g/mol. The van der Waals surface area contributed by atoms with Gasteiger partial charge in [-0.1, -0.05) is 0 Å². The molecule has 0 aromatic rings. The normalized spacial score (nSPS) is 27.4. The van der Waals surface area contributed by atoms with Crippen molar-refractivity contribution in [2.24, 2.45) is 0 Å². The molecular weight excluding hydrogens is 212 g/mol. The van der Waals surface area contributed by atoms with Crippen LogP contribution in [0, 0.1) is 0 Å². The molecule has 0 radical (unpaired) electrons. The largest absolute Gasteiger partial charge is 0.383 e. The van der Waals surface area contributed by atoms with Crippen molar-refractivity contribution in [1.82, 2.24) is 10.6 Å². The molecule has 6 heteroatoms. The van der Waals surface area contributed by atoms with E-state index in [9.17, 15) is 4.79 Å². The van der Waals surface area contributed by atoms with E-state index in [1.165, 1.54) is 0 Å². The van der Waals surface area contributed by atoms with Gasteiger partial charge < -0.3 is 24.8 Å². The summed E-state index contributed by atoms with van der Waals surface area (Å²) in [4.78, 5) is 11.7. The van der Waals surface area contributed by atoms with Crippen LogP contribution in [-0.2, 0) is 19.0 Å². The summed E-state index contributed by atoms with van der Waals surface area (Å²) in [5, 5.41) is 5.91. The lowest BCUT2D eigenvalue weighted by atomic mass is 10.1. The summed E-state index contributed by atoms with van der Waals surface area (Å²) in [6.07, 6.45) is 0.575. The SMILES string of the molecule is COCCNC(=O)[C@@H]1CC2(CN1)OCCO2. The number of ether oxygens (including phenoxy) is 3. The Labute approximate surface area is 94.6 Å². The van der Waals surface area contributed by atoms with Gasteiger partial charge >= 0.3 is 0 Å². The van der Waals surface area contributed by atoms with Crippen LogP contribution in [0.5, 0.6) is 0 Å². The molecule has 6 nitrogen and oxygen atoms in total. The standard InChI is InChI=1S/C10H18N2O4/c1-14-3-2-11-9(13)8-6-10(7-12-8)15-4-5-16-10/h8,12H,2-7H2,1H3,(H,11,13)/t8-/m0/s1. The second-order valence-electron chi connectivity index (χ2n) is 4.03. The third kappa shape index (κ3) is 2.52. The Morgan fingerprint density at radius 1 is 1.56 bits per heavy atom. The van der Waals surface area contributed by atoms with Gasteiger partial charge in [0.05, 0.1) is 32.4 Å². The first-order valence-electron chi connectivity index (χ1n) is 5.54. The maximum absolute atomic E-state index is 11.7. The first-order chi connectivity index (χ1) is 7.76. The molecule has 0 aromatic carbocycles. The van der Waals surface area contributed by atoms with Gasteiger partial charge in [-0.05, 0) is 0 Å². The van der Waals surface area contributed by atoms with E-state index in [0.717, 1.165) is 0 Å². The Hall–Kier alpha value is -0.690. The topological polar surface area (TPSA) is 68.8 Å². The minimum Gasteiger partial charge on any atom is -0.383 e. The van der Waals surface area contributed by atoms with E-state index in [2.05, 4.69) is 10.6 Å². The molecule has 2 N–H and O–H groups in total. The predicted octanol–water partition coefficient (Wildman–Crippen LogP) is -1.15. The highest BCUT2D eigenvalue weighted by Gasteiger charge is 2.46. The fourth-order valence-electron chi connectivity index (χ4n) is 2.04. The predicted molar refractivity (Wildman–Crippen MR) is 55.9 cm³/mol. The molecule has 2 heterocycles. The Bertz CT molecular complexity index is 253. The number of carbonyl (C=O) groups is 1. The second-order valence-corrected chi connectivity index (χ2v) is 4.03. The van der Waals surface area contributed by atoms with E-state index in [1.807, 2.05) is 0 Å².